The molecule has 1 aliphatic rings. The van der Waals surface area contributed by atoms with Crippen molar-refractivity contribution in [3.63, 3.8) is 0 Å². The number of hydrogen-bond donors (Lipinski definition) is 2. The SMILES string of the molecule is NS(=O)(=O)c1cc([N+](=O)[O-])ccc1N/N=C\c1ccc2c(c1)OCO2. The van der Waals surface area contributed by atoms with Crippen molar-refractivity contribution in [3.05, 3.63) is 52.1 Å². The molecule has 3 rings (SSSR count). The first-order valence-corrected chi connectivity index (χ1v) is 8.39. The maximum Gasteiger partial charge on any atom is 0.270 e. The zero-order valence-electron chi connectivity index (χ0n) is 12.6. The number of fused-ring (bicyclic) bond motifs is 1. The number of ether oxygens (including phenoxy) is 2. The van der Waals surface area contributed by atoms with Crippen LogP contribution in [0.1, 0.15) is 5.56 Å². The van der Waals surface area contributed by atoms with Gasteiger partial charge in [0.1, 0.15) is 4.90 Å². The standard InChI is InChI=1S/C14H12N4O6S/c15-25(21,22)14-6-10(18(19)20)2-3-11(14)17-16-7-9-1-4-12-13(5-9)24-8-23-12/h1-7,17H,8H2,(H2,15,21,22)/b16-7-. The molecule has 0 saturated heterocycles. The first kappa shape index (κ1) is 16.7. The molecule has 0 aliphatic carbocycles. The number of nitro benzene ring substituents is 1. The van der Waals surface area contributed by atoms with Gasteiger partial charge in [-0.05, 0) is 29.8 Å². The van der Waals surface area contributed by atoms with Crippen LogP contribution in [0.3, 0.4) is 0 Å². The van der Waals surface area contributed by atoms with E-state index in [2.05, 4.69) is 10.5 Å². The van der Waals surface area contributed by atoms with E-state index in [1.165, 1.54) is 12.3 Å². The van der Waals surface area contributed by atoms with Gasteiger partial charge in [-0.1, -0.05) is 0 Å². The number of hydrogen-bond acceptors (Lipinski definition) is 8. The van der Waals surface area contributed by atoms with Crippen LogP contribution in [-0.2, 0) is 10.0 Å². The Labute approximate surface area is 142 Å². The lowest BCUT2D eigenvalue weighted by atomic mass is 10.2. The molecule has 0 unspecified atom stereocenters. The average molecular weight is 364 g/mol. The van der Waals surface area contributed by atoms with Crippen molar-refractivity contribution in [1.29, 1.82) is 0 Å². The van der Waals surface area contributed by atoms with Crippen LogP contribution in [0, 0.1) is 10.1 Å². The minimum Gasteiger partial charge on any atom is -0.454 e. The van der Waals surface area contributed by atoms with Crippen molar-refractivity contribution in [3.8, 4) is 11.5 Å². The number of rotatable bonds is 5. The van der Waals surface area contributed by atoms with E-state index in [0.29, 0.717) is 17.1 Å². The summed E-state index contributed by atoms with van der Waals surface area (Å²) in [6.45, 7) is 0.148. The predicted molar refractivity (Wildman–Crippen MR) is 88.3 cm³/mol. The Morgan fingerprint density at radius 1 is 1.20 bits per heavy atom. The molecule has 130 valence electrons. The van der Waals surface area contributed by atoms with E-state index in [1.807, 2.05) is 0 Å². The number of non-ortho nitro benzene ring substituents is 1. The second kappa shape index (κ2) is 6.37. The van der Waals surface area contributed by atoms with Crippen molar-refractivity contribution >= 4 is 27.6 Å². The van der Waals surface area contributed by atoms with Crippen LogP contribution in [0.15, 0.2) is 46.4 Å². The third kappa shape index (κ3) is 3.67. The van der Waals surface area contributed by atoms with Gasteiger partial charge in [0.25, 0.3) is 5.69 Å². The molecule has 0 bridgehead atoms. The third-order valence-corrected chi connectivity index (χ3v) is 4.23. The van der Waals surface area contributed by atoms with Crippen molar-refractivity contribution in [2.45, 2.75) is 4.90 Å². The smallest absolute Gasteiger partial charge is 0.270 e. The maximum atomic E-state index is 11.6. The number of nitrogens with one attached hydrogen (secondary N) is 1. The number of hydrazone groups is 1. The van der Waals surface area contributed by atoms with E-state index in [1.54, 1.807) is 18.2 Å². The normalized spacial score (nSPS) is 13.2. The molecule has 2 aromatic carbocycles. The zero-order chi connectivity index (χ0) is 18.0. The van der Waals surface area contributed by atoms with E-state index in [-0.39, 0.29) is 12.5 Å². The second-order valence-electron chi connectivity index (χ2n) is 4.97. The summed E-state index contributed by atoms with van der Waals surface area (Å²) < 4.78 is 33.7. The summed E-state index contributed by atoms with van der Waals surface area (Å²) in [5.41, 5.74) is 2.82. The van der Waals surface area contributed by atoms with Gasteiger partial charge in [0.2, 0.25) is 16.8 Å². The van der Waals surface area contributed by atoms with Gasteiger partial charge in [0.15, 0.2) is 11.5 Å². The molecule has 0 amide bonds. The first-order valence-electron chi connectivity index (χ1n) is 6.84. The predicted octanol–water partition coefficient (Wildman–Crippen LogP) is 1.42. The second-order valence-corrected chi connectivity index (χ2v) is 6.50. The Morgan fingerprint density at radius 2 is 1.96 bits per heavy atom. The zero-order valence-corrected chi connectivity index (χ0v) is 13.4. The van der Waals surface area contributed by atoms with Gasteiger partial charge in [-0.3, -0.25) is 15.5 Å². The quantitative estimate of drug-likeness (QED) is 0.463. The van der Waals surface area contributed by atoms with Crippen LogP contribution in [-0.4, -0.2) is 26.3 Å². The van der Waals surface area contributed by atoms with Gasteiger partial charge >= 0.3 is 0 Å². The molecular formula is C14H12N4O6S. The van der Waals surface area contributed by atoms with Gasteiger partial charge < -0.3 is 9.47 Å². The molecule has 11 heteroatoms. The highest BCUT2D eigenvalue weighted by Crippen LogP contribution is 2.32. The summed E-state index contributed by atoms with van der Waals surface area (Å²) in [6.07, 6.45) is 1.43. The van der Waals surface area contributed by atoms with E-state index in [0.717, 1.165) is 12.1 Å². The van der Waals surface area contributed by atoms with Gasteiger partial charge in [0.05, 0.1) is 16.8 Å². The van der Waals surface area contributed by atoms with Crippen molar-refractivity contribution < 1.29 is 22.8 Å². The van der Waals surface area contributed by atoms with E-state index in [4.69, 9.17) is 14.6 Å². The summed E-state index contributed by atoms with van der Waals surface area (Å²) >= 11 is 0. The molecule has 3 N–H and O–H groups in total. The summed E-state index contributed by atoms with van der Waals surface area (Å²) in [5, 5.41) is 19.8. The monoisotopic (exact) mass is 364 g/mol. The number of sulfonamides is 1. The molecule has 0 saturated carbocycles. The van der Waals surface area contributed by atoms with Gasteiger partial charge in [-0.2, -0.15) is 5.10 Å². The minimum absolute atomic E-state index is 0.0186. The van der Waals surface area contributed by atoms with E-state index in [9.17, 15) is 18.5 Å². The van der Waals surface area contributed by atoms with Crippen LogP contribution in [0.4, 0.5) is 11.4 Å². The van der Waals surface area contributed by atoms with Gasteiger partial charge in [-0.15, -0.1) is 0 Å². The Kier molecular flexibility index (Phi) is 4.25. The molecule has 1 aliphatic heterocycles. The number of benzene rings is 2. The molecule has 0 aromatic heterocycles. The van der Waals surface area contributed by atoms with E-state index < -0.39 is 25.5 Å². The third-order valence-electron chi connectivity index (χ3n) is 3.28. The number of primary sulfonamides is 1. The average Bonchev–Trinajstić information content (AvgIpc) is 3.01. The molecule has 10 nitrogen and oxygen atoms in total. The van der Waals surface area contributed by atoms with Crippen LogP contribution < -0.4 is 20.0 Å². The van der Waals surface area contributed by atoms with Gasteiger partial charge in [0, 0.05) is 12.1 Å². The lowest BCUT2D eigenvalue weighted by Crippen LogP contribution is -2.14. The summed E-state index contributed by atoms with van der Waals surface area (Å²) in [5.74, 6) is 1.20. The van der Waals surface area contributed by atoms with Crippen LogP contribution in [0.2, 0.25) is 0 Å². The highest BCUT2D eigenvalue weighted by atomic mass is 32.2. The lowest BCUT2D eigenvalue weighted by Gasteiger charge is -2.06. The van der Waals surface area contributed by atoms with Crippen LogP contribution in [0.5, 0.6) is 11.5 Å². The number of nitrogens with two attached hydrogens (primary N) is 1. The van der Waals surface area contributed by atoms with Crippen LogP contribution in [0.25, 0.3) is 0 Å². The fraction of sp³-hybridized carbons (Fsp3) is 0.0714. The molecule has 1 heterocycles. The Hall–Kier alpha value is -3.18. The van der Waals surface area contributed by atoms with E-state index >= 15 is 0 Å². The number of anilines is 1. The van der Waals surface area contributed by atoms with Crippen molar-refractivity contribution in [2.75, 3.05) is 12.2 Å². The molecule has 25 heavy (non-hydrogen) atoms. The topological polar surface area (TPSA) is 146 Å². The molecule has 0 radical (unpaired) electrons. The summed E-state index contributed by atoms with van der Waals surface area (Å²) in [7, 11) is -4.17. The fourth-order valence-corrected chi connectivity index (χ4v) is 2.83. The lowest BCUT2D eigenvalue weighted by molar-refractivity contribution is -0.385. The largest absolute Gasteiger partial charge is 0.454 e. The molecular weight excluding hydrogens is 352 g/mol. The van der Waals surface area contributed by atoms with Crippen molar-refractivity contribution in [2.24, 2.45) is 10.2 Å². The highest BCUT2D eigenvalue weighted by molar-refractivity contribution is 7.89. The Balaban J connectivity index is 1.84. The molecule has 0 spiro atoms. The molecule has 2 aromatic rings. The highest BCUT2D eigenvalue weighted by Gasteiger charge is 2.19. The number of nitrogens with zero attached hydrogens (tertiary/aromatic N) is 2. The maximum absolute atomic E-state index is 11.6. The van der Waals surface area contributed by atoms with Gasteiger partial charge in [-0.25, -0.2) is 13.6 Å². The van der Waals surface area contributed by atoms with Crippen LogP contribution >= 0.6 is 0 Å². The Bertz CT molecular complexity index is 973. The molecule has 0 atom stereocenters. The number of nitro groups is 1. The van der Waals surface area contributed by atoms with Crippen molar-refractivity contribution in [1.82, 2.24) is 0 Å². The summed E-state index contributed by atoms with van der Waals surface area (Å²) in [6, 6.07) is 8.38. The minimum atomic E-state index is -4.17. The summed E-state index contributed by atoms with van der Waals surface area (Å²) in [4.78, 5) is 9.64. The fourth-order valence-electron chi connectivity index (χ4n) is 2.12. The molecule has 0 fully saturated rings. The Morgan fingerprint density at radius 3 is 2.68 bits per heavy atom. The first-order chi connectivity index (χ1) is 11.8.